The molecule has 0 aliphatic rings. The van der Waals surface area contributed by atoms with E-state index in [0.717, 1.165) is 18.2 Å². The number of sulfonamides is 1. The molecule has 0 unspecified atom stereocenters. The summed E-state index contributed by atoms with van der Waals surface area (Å²) in [7, 11) is -4.21. The Hall–Kier alpha value is -3.05. The Morgan fingerprint density at radius 1 is 1.15 bits per heavy atom. The van der Waals surface area contributed by atoms with E-state index in [1.807, 2.05) is 5.32 Å². The monoisotopic (exact) mass is 399 g/mol. The van der Waals surface area contributed by atoms with Crippen LogP contribution in [0.1, 0.15) is 10.4 Å². The van der Waals surface area contributed by atoms with Gasteiger partial charge in [0.05, 0.1) is 5.56 Å². The average Bonchev–Trinajstić information content (AvgIpc) is 2.63. The number of carbonyl (C=O) groups excluding carboxylic acids is 3. The van der Waals surface area contributed by atoms with Crippen LogP contribution in [-0.4, -0.2) is 46.0 Å². The summed E-state index contributed by atoms with van der Waals surface area (Å²) in [5.74, 6) is -3.05. The minimum absolute atomic E-state index is 0.131. The van der Waals surface area contributed by atoms with Crippen LogP contribution in [0, 0.1) is 5.82 Å². The molecule has 27 heavy (non-hydrogen) atoms. The number of ether oxygens (including phenoxy) is 1. The van der Waals surface area contributed by atoms with Crippen LogP contribution in [0.5, 0.6) is 0 Å². The van der Waals surface area contributed by atoms with Crippen LogP contribution in [-0.2, 0) is 19.6 Å². The predicted octanol–water partition coefficient (Wildman–Crippen LogP) is 0.459. The van der Waals surface area contributed by atoms with Crippen molar-refractivity contribution >= 4 is 27.9 Å². The molecule has 0 atom stereocenters. The molecular weight excluding hydrogens is 381 g/mol. The van der Waals surface area contributed by atoms with Gasteiger partial charge in [0, 0.05) is 13.1 Å². The van der Waals surface area contributed by atoms with E-state index in [2.05, 4.69) is 27.9 Å². The first kappa shape index (κ1) is 22.0. The average molecular weight is 399 g/mol. The highest BCUT2D eigenvalue weighted by atomic mass is 32.2. The van der Waals surface area contributed by atoms with E-state index in [1.165, 1.54) is 12.2 Å². The van der Waals surface area contributed by atoms with Crippen molar-refractivity contribution in [1.29, 1.82) is 0 Å². The number of imide groups is 1. The van der Waals surface area contributed by atoms with Crippen LogP contribution >= 0.6 is 0 Å². The lowest BCUT2D eigenvalue weighted by Gasteiger charge is -2.09. The van der Waals surface area contributed by atoms with Gasteiger partial charge >= 0.3 is 12.0 Å². The number of esters is 1. The third kappa shape index (κ3) is 6.99. The number of carbonyl (C=O) groups is 3. The summed E-state index contributed by atoms with van der Waals surface area (Å²) >= 11 is 0. The van der Waals surface area contributed by atoms with Crippen molar-refractivity contribution in [3.05, 3.63) is 54.9 Å². The molecule has 146 valence electrons. The Morgan fingerprint density at radius 2 is 1.81 bits per heavy atom. The molecule has 0 aliphatic heterocycles. The lowest BCUT2D eigenvalue weighted by molar-refractivity contribution is -0.123. The van der Waals surface area contributed by atoms with Gasteiger partial charge in [-0.1, -0.05) is 12.2 Å². The van der Waals surface area contributed by atoms with Gasteiger partial charge in [0.1, 0.15) is 10.7 Å². The molecule has 11 heteroatoms. The third-order valence-corrected chi connectivity index (χ3v) is 4.31. The number of rotatable bonds is 9. The van der Waals surface area contributed by atoms with Crippen molar-refractivity contribution in [2.24, 2.45) is 0 Å². The van der Waals surface area contributed by atoms with E-state index >= 15 is 0 Å². The fourth-order valence-electron chi connectivity index (χ4n) is 1.67. The quantitative estimate of drug-likeness (QED) is 0.408. The van der Waals surface area contributed by atoms with E-state index in [9.17, 15) is 27.2 Å². The van der Waals surface area contributed by atoms with Gasteiger partial charge < -0.3 is 10.1 Å². The van der Waals surface area contributed by atoms with Gasteiger partial charge in [0.15, 0.2) is 6.61 Å². The highest BCUT2D eigenvalue weighted by molar-refractivity contribution is 7.89. The second-order valence-electron chi connectivity index (χ2n) is 4.91. The highest BCUT2D eigenvalue weighted by Crippen LogP contribution is 2.17. The van der Waals surface area contributed by atoms with Gasteiger partial charge in [0.25, 0.3) is 5.91 Å². The molecule has 3 N–H and O–H groups in total. The molecule has 1 aromatic carbocycles. The summed E-state index contributed by atoms with van der Waals surface area (Å²) in [6.45, 7) is 5.91. The molecule has 9 nitrogen and oxygen atoms in total. The van der Waals surface area contributed by atoms with Crippen molar-refractivity contribution in [3.63, 3.8) is 0 Å². The molecule has 1 aromatic rings. The minimum atomic E-state index is -4.21. The van der Waals surface area contributed by atoms with Gasteiger partial charge in [0.2, 0.25) is 10.0 Å². The first-order chi connectivity index (χ1) is 12.7. The molecule has 0 spiro atoms. The van der Waals surface area contributed by atoms with Gasteiger partial charge in [-0.15, -0.1) is 13.2 Å². The van der Waals surface area contributed by atoms with Crippen molar-refractivity contribution in [2.75, 3.05) is 19.7 Å². The summed E-state index contributed by atoms with van der Waals surface area (Å²) in [4.78, 5) is 33.9. The maximum absolute atomic E-state index is 13.8. The second-order valence-corrected chi connectivity index (χ2v) is 6.64. The number of benzene rings is 1. The Labute approximate surface area is 155 Å². The number of nitrogens with one attached hydrogen (secondary N) is 3. The molecule has 0 radical (unpaired) electrons. The zero-order valence-corrected chi connectivity index (χ0v) is 15.0. The molecule has 3 amide bonds. The predicted molar refractivity (Wildman–Crippen MR) is 93.8 cm³/mol. The molecular formula is C16H18FN3O6S. The number of hydrogen-bond acceptors (Lipinski definition) is 6. The SMILES string of the molecule is C=CCNC(=O)NC(=O)COC(=O)c1ccc(F)c(S(=O)(=O)NCC=C)c1. The van der Waals surface area contributed by atoms with Crippen LogP contribution in [0.2, 0.25) is 0 Å². The van der Waals surface area contributed by atoms with E-state index < -0.39 is 45.3 Å². The summed E-state index contributed by atoms with van der Waals surface area (Å²) in [6, 6.07) is 1.75. The number of amides is 3. The first-order valence-electron chi connectivity index (χ1n) is 7.47. The summed E-state index contributed by atoms with van der Waals surface area (Å²) in [6.07, 6.45) is 2.66. The molecule has 1 rings (SSSR count). The van der Waals surface area contributed by atoms with Crippen LogP contribution in [0.3, 0.4) is 0 Å². The van der Waals surface area contributed by atoms with Gasteiger partial charge in [-0.2, -0.15) is 0 Å². The largest absolute Gasteiger partial charge is 0.452 e. The van der Waals surface area contributed by atoms with Crippen LogP contribution < -0.4 is 15.4 Å². The Bertz CT molecular complexity index is 854. The van der Waals surface area contributed by atoms with E-state index in [-0.39, 0.29) is 18.7 Å². The van der Waals surface area contributed by atoms with Crippen LogP contribution in [0.25, 0.3) is 0 Å². The number of halogens is 1. The lowest BCUT2D eigenvalue weighted by Crippen LogP contribution is -2.41. The Kier molecular flexibility index (Phi) is 8.30. The Morgan fingerprint density at radius 3 is 2.44 bits per heavy atom. The van der Waals surface area contributed by atoms with Gasteiger partial charge in [-0.25, -0.2) is 27.1 Å². The zero-order valence-electron chi connectivity index (χ0n) is 14.2. The van der Waals surface area contributed by atoms with Crippen molar-refractivity contribution in [3.8, 4) is 0 Å². The molecule has 0 heterocycles. The molecule has 0 fully saturated rings. The van der Waals surface area contributed by atoms with Crippen molar-refractivity contribution in [2.45, 2.75) is 4.90 Å². The maximum atomic E-state index is 13.8. The summed E-state index contributed by atoms with van der Waals surface area (Å²) in [5.41, 5.74) is -0.292. The third-order valence-electron chi connectivity index (χ3n) is 2.87. The standard InChI is InChI=1S/C16H18FN3O6S/c1-3-7-18-16(23)20-14(21)10-26-15(22)11-5-6-12(17)13(9-11)27(24,25)19-8-4-2/h3-6,9,19H,1-2,7-8,10H2,(H2,18,20,21,23). The topological polar surface area (TPSA) is 131 Å². The molecule has 0 aliphatic carbocycles. The van der Waals surface area contributed by atoms with Gasteiger partial charge in [-0.3, -0.25) is 10.1 Å². The molecule has 0 saturated heterocycles. The van der Waals surface area contributed by atoms with E-state index in [4.69, 9.17) is 0 Å². The minimum Gasteiger partial charge on any atom is -0.452 e. The van der Waals surface area contributed by atoms with Crippen molar-refractivity contribution in [1.82, 2.24) is 15.4 Å². The molecule has 0 aromatic heterocycles. The van der Waals surface area contributed by atoms with Crippen molar-refractivity contribution < 1.29 is 31.9 Å². The number of hydrogen-bond donors (Lipinski definition) is 3. The van der Waals surface area contributed by atoms with E-state index in [0.29, 0.717) is 0 Å². The molecule has 0 saturated carbocycles. The van der Waals surface area contributed by atoms with E-state index in [1.54, 1.807) is 0 Å². The fraction of sp³-hybridized carbons (Fsp3) is 0.188. The normalized spacial score (nSPS) is 10.6. The smallest absolute Gasteiger partial charge is 0.338 e. The summed E-state index contributed by atoms with van der Waals surface area (Å²) in [5, 5.41) is 4.18. The first-order valence-corrected chi connectivity index (χ1v) is 8.95. The second kappa shape index (κ2) is 10.2. The Balaban J connectivity index is 2.77. The lowest BCUT2D eigenvalue weighted by atomic mass is 10.2. The van der Waals surface area contributed by atoms with Gasteiger partial charge in [-0.05, 0) is 18.2 Å². The summed E-state index contributed by atoms with van der Waals surface area (Å²) < 4.78 is 44.5. The fourth-order valence-corrected chi connectivity index (χ4v) is 2.77. The van der Waals surface area contributed by atoms with Crippen LogP contribution in [0.15, 0.2) is 48.4 Å². The van der Waals surface area contributed by atoms with Crippen LogP contribution in [0.4, 0.5) is 9.18 Å². The molecule has 0 bridgehead atoms. The maximum Gasteiger partial charge on any atom is 0.338 e. The zero-order chi connectivity index (χ0) is 20.4. The highest BCUT2D eigenvalue weighted by Gasteiger charge is 2.21. The number of urea groups is 1.